The molecule has 6 rings (SSSR count). The predicted molar refractivity (Wildman–Crippen MR) is 176 cm³/mol. The van der Waals surface area contributed by atoms with Crippen molar-refractivity contribution in [3.63, 3.8) is 0 Å². The van der Waals surface area contributed by atoms with Gasteiger partial charge in [-0.1, -0.05) is 53.2 Å². The average Bonchev–Trinajstić information content (AvgIpc) is 3.03. The first-order valence-electron chi connectivity index (χ1n) is 17.9. The van der Waals surface area contributed by atoms with Crippen LogP contribution in [0.1, 0.15) is 99.3 Å². The molecule has 4 fully saturated rings. The van der Waals surface area contributed by atoms with E-state index in [1.807, 2.05) is 6.92 Å². The lowest BCUT2D eigenvalue weighted by Gasteiger charge is -2.71. The van der Waals surface area contributed by atoms with E-state index >= 15 is 0 Å². The number of rotatable bonds is 5. The number of ether oxygens (including phenoxy) is 4. The van der Waals surface area contributed by atoms with Gasteiger partial charge in [-0.05, 0) is 103 Å². The fourth-order valence-electron chi connectivity index (χ4n) is 12.3. The maximum atomic E-state index is 13.6. The molecule has 270 valence electrons. The third kappa shape index (κ3) is 4.89. The number of fused-ring (bicyclic) bond motifs is 7. The summed E-state index contributed by atoms with van der Waals surface area (Å²) in [5, 5.41) is 44.3. The maximum absolute atomic E-state index is 13.6. The van der Waals surface area contributed by atoms with Crippen molar-refractivity contribution >= 4 is 11.9 Å². The monoisotopic (exact) mass is 674 g/mol. The highest BCUT2D eigenvalue weighted by Crippen LogP contribution is 2.76. The molecule has 5 aliphatic carbocycles. The zero-order chi connectivity index (χ0) is 35.2. The molecule has 0 amide bonds. The zero-order valence-corrected chi connectivity index (χ0v) is 30.1. The van der Waals surface area contributed by atoms with E-state index in [2.05, 4.69) is 40.7 Å². The van der Waals surface area contributed by atoms with Gasteiger partial charge in [0.25, 0.3) is 0 Å². The Kier molecular flexibility index (Phi) is 8.80. The Morgan fingerprint density at radius 1 is 0.917 bits per heavy atom. The Bertz CT molecular complexity index is 1370. The van der Waals surface area contributed by atoms with Crippen LogP contribution in [0, 0.1) is 50.2 Å². The first-order valence-corrected chi connectivity index (χ1v) is 17.9. The molecule has 4 saturated carbocycles. The molecule has 0 spiro atoms. The van der Waals surface area contributed by atoms with E-state index in [0.717, 1.165) is 57.4 Å². The van der Waals surface area contributed by atoms with Crippen LogP contribution in [0.3, 0.4) is 0 Å². The lowest BCUT2D eigenvalue weighted by molar-refractivity contribution is -0.303. The minimum atomic E-state index is -1.51. The molecule has 13 atom stereocenters. The van der Waals surface area contributed by atoms with Gasteiger partial charge >= 0.3 is 11.9 Å². The van der Waals surface area contributed by atoms with Gasteiger partial charge in [-0.15, -0.1) is 0 Å². The molecule has 6 aliphatic rings. The number of aliphatic hydroxyl groups is 4. The van der Waals surface area contributed by atoms with Crippen LogP contribution in [0.15, 0.2) is 23.5 Å². The summed E-state index contributed by atoms with van der Waals surface area (Å²) >= 11 is 0. The van der Waals surface area contributed by atoms with Gasteiger partial charge in [0, 0.05) is 5.41 Å². The molecule has 0 aromatic rings. The van der Waals surface area contributed by atoms with Gasteiger partial charge in [0.15, 0.2) is 0 Å². The highest BCUT2D eigenvalue weighted by atomic mass is 16.7. The topological polar surface area (TPSA) is 152 Å². The Hall–Kier alpha value is -1.98. The summed E-state index contributed by atoms with van der Waals surface area (Å²) < 4.78 is 22.2. The van der Waals surface area contributed by atoms with E-state index in [9.17, 15) is 30.0 Å². The third-order valence-electron chi connectivity index (χ3n) is 15.1. The van der Waals surface area contributed by atoms with Gasteiger partial charge in [-0.2, -0.15) is 0 Å². The number of esters is 2. The van der Waals surface area contributed by atoms with Gasteiger partial charge in [0.1, 0.15) is 12.2 Å². The van der Waals surface area contributed by atoms with Gasteiger partial charge in [-0.25, -0.2) is 4.79 Å². The maximum Gasteiger partial charge on any atom is 0.373 e. The summed E-state index contributed by atoms with van der Waals surface area (Å²) in [5.74, 6) is -0.861. The van der Waals surface area contributed by atoms with E-state index < -0.39 is 47.5 Å². The summed E-state index contributed by atoms with van der Waals surface area (Å²) in [6, 6.07) is 0. The molecule has 0 saturated heterocycles. The minimum absolute atomic E-state index is 0.0346. The summed E-state index contributed by atoms with van der Waals surface area (Å²) in [4.78, 5) is 25.8. The summed E-state index contributed by atoms with van der Waals surface area (Å²) in [6.07, 6.45) is 4.68. The number of carbonyl (C=O) groups is 2. The molecule has 10 nitrogen and oxygen atoms in total. The Balaban J connectivity index is 1.34. The second kappa shape index (κ2) is 11.8. The standard InChI is InChI=1S/C38H58O10/c1-33(2)13-15-38(32(44)46-8)16-14-36(5)21(22(38)18-33)9-10-27-34(3)19-24(41)29(35(4,20-39)26(34)11-12-37(27,36)6)48-31-28(42)23(40)17-25(47-31)30(43)45-7/h9,17,22-24,26-29,31,39-42H,10-16,18-20H2,1-8H3/t22-,23-,24-,26+,27+,28+,29-,31-,34-,35-,36+,37+,38-/m0/s1. The van der Waals surface area contributed by atoms with Crippen molar-refractivity contribution in [2.75, 3.05) is 20.8 Å². The average molecular weight is 675 g/mol. The summed E-state index contributed by atoms with van der Waals surface area (Å²) in [5.41, 5.74) is -0.453. The van der Waals surface area contributed by atoms with Crippen LogP contribution < -0.4 is 0 Å². The first kappa shape index (κ1) is 35.8. The lowest BCUT2D eigenvalue weighted by atomic mass is 9.33. The van der Waals surface area contributed by atoms with Gasteiger partial charge < -0.3 is 39.4 Å². The third-order valence-corrected chi connectivity index (χ3v) is 15.1. The van der Waals surface area contributed by atoms with Crippen molar-refractivity contribution < 1.29 is 49.0 Å². The van der Waals surface area contributed by atoms with Crippen molar-refractivity contribution in [3.8, 4) is 0 Å². The fourth-order valence-corrected chi connectivity index (χ4v) is 12.3. The largest absolute Gasteiger partial charge is 0.469 e. The highest BCUT2D eigenvalue weighted by molar-refractivity contribution is 5.86. The van der Waals surface area contributed by atoms with Crippen molar-refractivity contribution in [2.24, 2.45) is 50.2 Å². The molecule has 1 aliphatic heterocycles. The number of hydrogen-bond donors (Lipinski definition) is 4. The van der Waals surface area contributed by atoms with Crippen molar-refractivity contribution in [1.29, 1.82) is 0 Å². The zero-order valence-electron chi connectivity index (χ0n) is 30.1. The fraction of sp³-hybridized carbons (Fsp3) is 0.842. The van der Waals surface area contributed by atoms with Crippen molar-refractivity contribution in [3.05, 3.63) is 23.5 Å². The van der Waals surface area contributed by atoms with Crippen LogP contribution in [-0.4, -0.2) is 83.9 Å². The number of carbonyl (C=O) groups excluding carboxylic acids is 2. The molecule has 1 heterocycles. The molecule has 0 radical (unpaired) electrons. The number of aliphatic hydroxyl groups excluding tert-OH is 4. The SMILES string of the molecule is COC(=O)C1=C[C@H](O)[C@@H](O)[C@H](O[C@H]2[C@@H](O)C[C@@]3(C)[C@@H](CC[C@]4(C)[C@@H]3CC=C3[C@@H]5CC(C)(C)CC[C@]5(C(=O)OC)CC[C@]34C)[C@]2(C)CO)O1. The highest BCUT2D eigenvalue weighted by Gasteiger charge is 2.71. The van der Waals surface area contributed by atoms with Gasteiger partial charge in [-0.3, -0.25) is 4.79 Å². The van der Waals surface area contributed by atoms with E-state index in [-0.39, 0.29) is 57.7 Å². The second-order valence-electron chi connectivity index (χ2n) is 17.8. The van der Waals surface area contributed by atoms with Crippen LogP contribution in [0.2, 0.25) is 0 Å². The molecule has 4 N–H and O–H groups in total. The molecule has 0 aromatic heterocycles. The quantitative estimate of drug-likeness (QED) is 0.244. The van der Waals surface area contributed by atoms with E-state index in [1.54, 1.807) is 0 Å². The number of hydrogen-bond acceptors (Lipinski definition) is 10. The predicted octanol–water partition coefficient (Wildman–Crippen LogP) is 4.42. The van der Waals surface area contributed by atoms with E-state index in [1.165, 1.54) is 19.8 Å². The molecule has 0 unspecified atom stereocenters. The molecule has 48 heavy (non-hydrogen) atoms. The smallest absolute Gasteiger partial charge is 0.373 e. The van der Waals surface area contributed by atoms with E-state index in [4.69, 9.17) is 18.9 Å². The van der Waals surface area contributed by atoms with E-state index in [0.29, 0.717) is 6.42 Å². The van der Waals surface area contributed by atoms with Gasteiger partial charge in [0.05, 0.1) is 38.4 Å². The normalized spacial score (nSPS) is 49.4. The lowest BCUT2D eigenvalue weighted by Crippen LogP contribution is -2.69. The van der Waals surface area contributed by atoms with Gasteiger partial charge in [0.2, 0.25) is 12.0 Å². The summed E-state index contributed by atoms with van der Waals surface area (Å²) in [6.45, 7) is 13.5. The minimum Gasteiger partial charge on any atom is -0.469 e. The second-order valence-corrected chi connectivity index (χ2v) is 17.8. The van der Waals surface area contributed by atoms with Crippen LogP contribution in [0.4, 0.5) is 0 Å². The Morgan fingerprint density at radius 2 is 1.60 bits per heavy atom. The molecular formula is C38H58O10. The Morgan fingerprint density at radius 3 is 2.25 bits per heavy atom. The van der Waals surface area contributed by atoms with Crippen molar-refractivity contribution in [1.82, 2.24) is 0 Å². The molecular weight excluding hydrogens is 616 g/mol. The van der Waals surface area contributed by atoms with Crippen molar-refractivity contribution in [2.45, 2.75) is 130 Å². The van der Waals surface area contributed by atoms with Crippen LogP contribution in [0.25, 0.3) is 0 Å². The molecule has 0 aromatic carbocycles. The summed E-state index contributed by atoms with van der Waals surface area (Å²) in [7, 11) is 2.71. The van der Waals surface area contributed by atoms with Crippen LogP contribution in [0.5, 0.6) is 0 Å². The first-order chi connectivity index (χ1) is 22.4. The number of allylic oxidation sites excluding steroid dienone is 2. The number of methoxy groups -OCH3 is 2. The van der Waals surface area contributed by atoms with Crippen LogP contribution >= 0.6 is 0 Å². The Labute approximate surface area is 285 Å². The molecule has 10 heteroatoms. The van der Waals surface area contributed by atoms with Crippen LogP contribution in [-0.2, 0) is 28.5 Å². The molecule has 0 bridgehead atoms.